The molecule has 1 atom stereocenters. The van der Waals surface area contributed by atoms with E-state index in [1.165, 1.54) is 31.4 Å². The van der Waals surface area contributed by atoms with Crippen molar-refractivity contribution < 1.29 is 19.0 Å². The number of rotatable bonds is 3. The van der Waals surface area contributed by atoms with Crippen LogP contribution in [0.25, 0.3) is 0 Å². The third kappa shape index (κ3) is 2.15. The Hall–Kier alpha value is -1.42. The summed E-state index contributed by atoms with van der Waals surface area (Å²) < 4.78 is 17.3. The van der Waals surface area contributed by atoms with Crippen LogP contribution in [0.4, 0.5) is 4.39 Å². The first-order chi connectivity index (χ1) is 7.04. The SMILES string of the molecule is COC(=O)C(C)(CO)c1ccc(F)cc1. The Morgan fingerprint density at radius 1 is 1.47 bits per heavy atom. The fourth-order valence-electron chi connectivity index (χ4n) is 1.32. The molecule has 0 fully saturated rings. The van der Waals surface area contributed by atoms with Gasteiger partial charge in [0.05, 0.1) is 13.7 Å². The molecule has 1 unspecified atom stereocenters. The van der Waals surface area contributed by atoms with Crippen LogP contribution >= 0.6 is 0 Å². The summed E-state index contributed by atoms with van der Waals surface area (Å²) in [5, 5.41) is 9.21. The number of aliphatic hydroxyl groups is 1. The van der Waals surface area contributed by atoms with Gasteiger partial charge in [-0.05, 0) is 24.6 Å². The van der Waals surface area contributed by atoms with Crippen molar-refractivity contribution in [2.45, 2.75) is 12.3 Å². The monoisotopic (exact) mass is 212 g/mol. The Balaban J connectivity index is 3.11. The lowest BCUT2D eigenvalue weighted by atomic mass is 9.83. The maximum absolute atomic E-state index is 12.7. The molecule has 0 heterocycles. The lowest BCUT2D eigenvalue weighted by molar-refractivity contribution is -0.148. The van der Waals surface area contributed by atoms with E-state index in [4.69, 9.17) is 0 Å². The van der Waals surface area contributed by atoms with Gasteiger partial charge in [0.15, 0.2) is 0 Å². The van der Waals surface area contributed by atoms with Gasteiger partial charge in [-0.2, -0.15) is 0 Å². The van der Waals surface area contributed by atoms with Gasteiger partial charge in [0.2, 0.25) is 0 Å². The third-order valence-electron chi connectivity index (χ3n) is 2.43. The van der Waals surface area contributed by atoms with E-state index >= 15 is 0 Å². The number of esters is 1. The molecule has 0 saturated heterocycles. The maximum Gasteiger partial charge on any atom is 0.318 e. The Morgan fingerprint density at radius 2 is 2.00 bits per heavy atom. The Labute approximate surface area is 87.5 Å². The van der Waals surface area contributed by atoms with E-state index < -0.39 is 11.4 Å². The van der Waals surface area contributed by atoms with Gasteiger partial charge < -0.3 is 9.84 Å². The van der Waals surface area contributed by atoms with Gasteiger partial charge in [0.1, 0.15) is 11.2 Å². The largest absolute Gasteiger partial charge is 0.468 e. The van der Waals surface area contributed by atoms with Crippen molar-refractivity contribution in [3.8, 4) is 0 Å². The Kier molecular flexibility index (Phi) is 3.42. The summed E-state index contributed by atoms with van der Waals surface area (Å²) in [7, 11) is 1.25. The van der Waals surface area contributed by atoms with Gasteiger partial charge in [0.25, 0.3) is 0 Å². The number of halogens is 1. The average Bonchev–Trinajstić information content (AvgIpc) is 2.27. The molecule has 3 nitrogen and oxygen atoms in total. The number of hydrogen-bond acceptors (Lipinski definition) is 3. The molecular formula is C11H13FO3. The summed E-state index contributed by atoms with van der Waals surface area (Å²) >= 11 is 0. The van der Waals surface area contributed by atoms with E-state index in [9.17, 15) is 14.3 Å². The molecule has 1 N–H and O–H groups in total. The molecule has 82 valence electrons. The predicted octanol–water partition coefficient (Wildman–Crippen LogP) is 1.25. The van der Waals surface area contributed by atoms with E-state index in [1.54, 1.807) is 6.92 Å². The van der Waals surface area contributed by atoms with E-state index in [2.05, 4.69) is 4.74 Å². The van der Waals surface area contributed by atoms with Crippen molar-refractivity contribution in [3.63, 3.8) is 0 Å². The molecule has 0 spiro atoms. The highest BCUT2D eigenvalue weighted by Gasteiger charge is 2.35. The van der Waals surface area contributed by atoms with Gasteiger partial charge in [-0.15, -0.1) is 0 Å². The predicted molar refractivity (Wildman–Crippen MR) is 52.9 cm³/mol. The second kappa shape index (κ2) is 4.40. The number of benzene rings is 1. The molecule has 15 heavy (non-hydrogen) atoms. The van der Waals surface area contributed by atoms with Crippen LogP contribution in [0.2, 0.25) is 0 Å². The summed E-state index contributed by atoms with van der Waals surface area (Å²) in [5.41, 5.74) is -0.610. The van der Waals surface area contributed by atoms with Gasteiger partial charge in [-0.3, -0.25) is 4.79 Å². The zero-order chi connectivity index (χ0) is 11.5. The fraction of sp³-hybridized carbons (Fsp3) is 0.364. The van der Waals surface area contributed by atoms with E-state index in [0.29, 0.717) is 5.56 Å². The normalized spacial score (nSPS) is 14.4. The van der Waals surface area contributed by atoms with Crippen LogP contribution in [0.1, 0.15) is 12.5 Å². The first kappa shape index (κ1) is 11.7. The standard InChI is InChI=1S/C11H13FO3/c1-11(7-13,10(14)15-2)8-3-5-9(12)6-4-8/h3-6,13H,7H2,1-2H3. The van der Waals surface area contributed by atoms with E-state index in [0.717, 1.165) is 0 Å². The highest BCUT2D eigenvalue weighted by molar-refractivity contribution is 5.82. The van der Waals surface area contributed by atoms with Crippen LogP contribution in [0.3, 0.4) is 0 Å². The number of ether oxygens (including phenoxy) is 1. The maximum atomic E-state index is 12.7. The van der Waals surface area contributed by atoms with Crippen molar-refractivity contribution >= 4 is 5.97 Å². The molecule has 0 aromatic heterocycles. The minimum atomic E-state index is -1.14. The second-order valence-corrected chi connectivity index (χ2v) is 3.49. The molecule has 0 aliphatic rings. The summed E-state index contributed by atoms with van der Waals surface area (Å²) in [5.74, 6) is -0.930. The zero-order valence-electron chi connectivity index (χ0n) is 8.66. The van der Waals surface area contributed by atoms with Gasteiger partial charge >= 0.3 is 5.97 Å². The molecule has 1 aromatic carbocycles. The number of methoxy groups -OCH3 is 1. The van der Waals surface area contributed by atoms with Gasteiger partial charge in [-0.1, -0.05) is 12.1 Å². The highest BCUT2D eigenvalue weighted by Crippen LogP contribution is 2.24. The molecule has 1 aromatic rings. The van der Waals surface area contributed by atoms with E-state index in [1.807, 2.05) is 0 Å². The van der Waals surface area contributed by atoms with Crippen LogP contribution in [0, 0.1) is 5.82 Å². The number of carbonyl (C=O) groups excluding carboxylic acids is 1. The molecular weight excluding hydrogens is 199 g/mol. The summed E-state index contributed by atoms with van der Waals surface area (Å²) in [6.07, 6.45) is 0. The molecule has 0 radical (unpaired) electrons. The van der Waals surface area contributed by atoms with Crippen LogP contribution in [0.5, 0.6) is 0 Å². The van der Waals surface area contributed by atoms with Crippen molar-refractivity contribution in [1.29, 1.82) is 0 Å². The van der Waals surface area contributed by atoms with Gasteiger partial charge in [0, 0.05) is 0 Å². The minimum absolute atomic E-state index is 0.384. The fourth-order valence-corrected chi connectivity index (χ4v) is 1.32. The minimum Gasteiger partial charge on any atom is -0.468 e. The van der Waals surface area contributed by atoms with Crippen LogP contribution in [-0.2, 0) is 14.9 Å². The molecule has 0 amide bonds. The number of hydrogen-bond donors (Lipinski definition) is 1. The zero-order valence-corrected chi connectivity index (χ0v) is 8.66. The first-order valence-electron chi connectivity index (χ1n) is 4.50. The smallest absolute Gasteiger partial charge is 0.318 e. The van der Waals surface area contributed by atoms with Crippen molar-refractivity contribution in [3.05, 3.63) is 35.6 Å². The quantitative estimate of drug-likeness (QED) is 0.767. The lowest BCUT2D eigenvalue weighted by Gasteiger charge is -2.24. The van der Waals surface area contributed by atoms with Crippen LogP contribution in [-0.4, -0.2) is 24.8 Å². The topological polar surface area (TPSA) is 46.5 Å². The summed E-state index contributed by atoms with van der Waals surface area (Å²) in [6, 6.07) is 5.41. The average molecular weight is 212 g/mol. The Bertz CT molecular complexity index is 347. The number of aliphatic hydroxyl groups excluding tert-OH is 1. The molecule has 0 bridgehead atoms. The molecule has 0 saturated carbocycles. The summed E-state index contributed by atoms with van der Waals surface area (Å²) in [4.78, 5) is 11.5. The summed E-state index contributed by atoms with van der Waals surface area (Å²) in [6.45, 7) is 1.16. The number of carbonyl (C=O) groups is 1. The molecule has 0 aliphatic carbocycles. The molecule has 4 heteroatoms. The van der Waals surface area contributed by atoms with Crippen LogP contribution in [0.15, 0.2) is 24.3 Å². The van der Waals surface area contributed by atoms with E-state index in [-0.39, 0.29) is 12.4 Å². The Morgan fingerprint density at radius 3 is 2.40 bits per heavy atom. The van der Waals surface area contributed by atoms with Crippen LogP contribution < -0.4 is 0 Å². The van der Waals surface area contributed by atoms with Crippen molar-refractivity contribution in [1.82, 2.24) is 0 Å². The lowest BCUT2D eigenvalue weighted by Crippen LogP contribution is -2.37. The van der Waals surface area contributed by atoms with Gasteiger partial charge in [-0.25, -0.2) is 4.39 Å². The molecule has 1 rings (SSSR count). The first-order valence-corrected chi connectivity index (χ1v) is 4.50. The molecule has 0 aliphatic heterocycles. The van der Waals surface area contributed by atoms with Crippen molar-refractivity contribution in [2.24, 2.45) is 0 Å². The second-order valence-electron chi connectivity index (χ2n) is 3.49. The highest BCUT2D eigenvalue weighted by atomic mass is 19.1. The third-order valence-corrected chi connectivity index (χ3v) is 2.43. The van der Waals surface area contributed by atoms with Crippen molar-refractivity contribution in [2.75, 3.05) is 13.7 Å².